The summed E-state index contributed by atoms with van der Waals surface area (Å²) in [5.74, 6) is 1.31. The average Bonchev–Trinajstić information content (AvgIpc) is 2.59. The fourth-order valence-electron chi connectivity index (χ4n) is 2.07. The van der Waals surface area contributed by atoms with Gasteiger partial charge in [-0.3, -0.25) is 0 Å². The quantitative estimate of drug-likeness (QED) is 0.636. The molecule has 0 aliphatic rings. The molecule has 0 aliphatic carbocycles. The lowest BCUT2D eigenvalue weighted by Gasteiger charge is -2.11. The molecule has 5 heteroatoms. The maximum Gasteiger partial charge on any atom is 0.191 e. The number of hydrogen-bond acceptors (Lipinski definition) is 2. The summed E-state index contributed by atoms with van der Waals surface area (Å²) in [7, 11) is 1.65. The highest BCUT2D eigenvalue weighted by molar-refractivity contribution is 5.79. The Balaban J connectivity index is 1.97. The second-order valence-electron chi connectivity index (χ2n) is 5.03. The fraction of sp³-hybridized carbons (Fsp3) is 0.278. The van der Waals surface area contributed by atoms with Crippen LogP contribution in [0.15, 0.2) is 53.5 Å². The number of rotatable bonds is 6. The Morgan fingerprint density at radius 1 is 1.09 bits per heavy atom. The summed E-state index contributed by atoms with van der Waals surface area (Å²) in [6, 6.07) is 14.3. The predicted molar refractivity (Wildman–Crippen MR) is 91.0 cm³/mol. The Hall–Kier alpha value is -2.56. The highest BCUT2D eigenvalue weighted by Gasteiger charge is 2.00. The Kier molecular flexibility index (Phi) is 6.41. The van der Waals surface area contributed by atoms with Gasteiger partial charge in [-0.2, -0.15) is 0 Å². The van der Waals surface area contributed by atoms with Gasteiger partial charge in [0, 0.05) is 13.1 Å². The zero-order chi connectivity index (χ0) is 16.5. The van der Waals surface area contributed by atoms with Gasteiger partial charge in [0.1, 0.15) is 11.6 Å². The first-order chi connectivity index (χ1) is 11.2. The molecule has 0 atom stereocenters. The number of nitrogens with one attached hydrogen (secondary N) is 2. The molecule has 4 nitrogen and oxygen atoms in total. The standard InChI is InChI=1S/C18H22FN3O/c1-3-20-18(21-12-14-7-9-16(19)10-8-14)22-13-15-5-4-6-17(11-15)23-2/h4-11H,3,12-13H2,1-2H3,(H2,20,21,22). The number of guanidine groups is 1. The molecule has 0 bridgehead atoms. The lowest BCUT2D eigenvalue weighted by molar-refractivity contribution is 0.414. The van der Waals surface area contributed by atoms with E-state index in [4.69, 9.17) is 4.74 Å². The summed E-state index contributed by atoms with van der Waals surface area (Å²) in [5, 5.41) is 6.44. The number of ether oxygens (including phenoxy) is 1. The number of nitrogens with zero attached hydrogens (tertiary/aromatic N) is 1. The second kappa shape index (κ2) is 8.78. The number of benzene rings is 2. The molecule has 2 aromatic carbocycles. The summed E-state index contributed by atoms with van der Waals surface area (Å²) in [4.78, 5) is 4.56. The zero-order valence-corrected chi connectivity index (χ0v) is 13.5. The number of halogens is 1. The van der Waals surface area contributed by atoms with Gasteiger partial charge < -0.3 is 15.4 Å². The molecule has 23 heavy (non-hydrogen) atoms. The third-order valence-electron chi connectivity index (χ3n) is 3.27. The third kappa shape index (κ3) is 5.62. The lowest BCUT2D eigenvalue weighted by atomic mass is 10.2. The molecule has 122 valence electrons. The summed E-state index contributed by atoms with van der Waals surface area (Å²) in [6.45, 7) is 3.92. The van der Waals surface area contributed by atoms with Gasteiger partial charge in [-0.1, -0.05) is 24.3 Å². The van der Waals surface area contributed by atoms with Gasteiger partial charge in [0.15, 0.2) is 5.96 Å². The monoisotopic (exact) mass is 315 g/mol. The van der Waals surface area contributed by atoms with Gasteiger partial charge in [0.25, 0.3) is 0 Å². The van der Waals surface area contributed by atoms with Crippen molar-refractivity contribution in [3.05, 3.63) is 65.5 Å². The van der Waals surface area contributed by atoms with Crippen LogP contribution in [0.5, 0.6) is 5.75 Å². The molecule has 0 spiro atoms. The van der Waals surface area contributed by atoms with Crippen LogP contribution in [0.3, 0.4) is 0 Å². The van der Waals surface area contributed by atoms with Crippen LogP contribution in [0.2, 0.25) is 0 Å². The van der Waals surface area contributed by atoms with Crippen molar-refractivity contribution in [2.75, 3.05) is 13.7 Å². The van der Waals surface area contributed by atoms with Gasteiger partial charge in [-0.15, -0.1) is 0 Å². The summed E-state index contributed by atoms with van der Waals surface area (Å²) >= 11 is 0. The van der Waals surface area contributed by atoms with E-state index in [0.717, 1.165) is 29.4 Å². The first-order valence-corrected chi connectivity index (χ1v) is 7.61. The number of hydrogen-bond donors (Lipinski definition) is 2. The van der Waals surface area contributed by atoms with Crippen LogP contribution >= 0.6 is 0 Å². The molecular formula is C18H22FN3O. The fourth-order valence-corrected chi connectivity index (χ4v) is 2.07. The topological polar surface area (TPSA) is 45.7 Å². The van der Waals surface area contributed by atoms with Crippen molar-refractivity contribution in [1.29, 1.82) is 0 Å². The number of aliphatic imine (C=N–C) groups is 1. The van der Waals surface area contributed by atoms with E-state index in [1.165, 1.54) is 12.1 Å². The van der Waals surface area contributed by atoms with Gasteiger partial charge in [0.05, 0.1) is 13.7 Å². The van der Waals surface area contributed by atoms with E-state index in [-0.39, 0.29) is 5.82 Å². The van der Waals surface area contributed by atoms with Crippen LogP contribution < -0.4 is 15.4 Å². The van der Waals surface area contributed by atoms with Crippen LogP contribution in [0.1, 0.15) is 18.1 Å². The van der Waals surface area contributed by atoms with Gasteiger partial charge in [-0.25, -0.2) is 9.38 Å². The SMILES string of the molecule is CCNC(=NCc1cccc(OC)c1)NCc1ccc(F)cc1. The molecule has 0 saturated heterocycles. The minimum atomic E-state index is -0.229. The highest BCUT2D eigenvalue weighted by atomic mass is 19.1. The van der Waals surface area contributed by atoms with Crippen LogP contribution in [-0.4, -0.2) is 19.6 Å². The van der Waals surface area contributed by atoms with E-state index in [0.29, 0.717) is 13.1 Å². The van der Waals surface area contributed by atoms with Crippen molar-refractivity contribution in [1.82, 2.24) is 10.6 Å². The molecule has 2 N–H and O–H groups in total. The van der Waals surface area contributed by atoms with Crippen molar-refractivity contribution in [3.63, 3.8) is 0 Å². The van der Waals surface area contributed by atoms with E-state index in [1.54, 1.807) is 19.2 Å². The molecule has 2 aromatic rings. The molecule has 0 saturated carbocycles. The first kappa shape index (κ1) is 16.8. The van der Waals surface area contributed by atoms with Gasteiger partial charge >= 0.3 is 0 Å². The summed E-state index contributed by atoms with van der Waals surface area (Å²) in [5.41, 5.74) is 2.07. The first-order valence-electron chi connectivity index (χ1n) is 7.61. The normalized spacial score (nSPS) is 11.2. The Labute approximate surface area is 136 Å². The summed E-state index contributed by atoms with van der Waals surface area (Å²) in [6.07, 6.45) is 0. The molecule has 0 heterocycles. The second-order valence-corrected chi connectivity index (χ2v) is 5.03. The van der Waals surface area contributed by atoms with Crippen molar-refractivity contribution in [2.24, 2.45) is 4.99 Å². The summed E-state index contributed by atoms with van der Waals surface area (Å²) < 4.78 is 18.1. The predicted octanol–water partition coefficient (Wildman–Crippen LogP) is 3.09. The number of methoxy groups -OCH3 is 1. The van der Waals surface area contributed by atoms with Crippen LogP contribution in [0, 0.1) is 5.82 Å². The Bertz CT molecular complexity index is 641. The molecule has 0 fully saturated rings. The minimum Gasteiger partial charge on any atom is -0.497 e. The van der Waals surface area contributed by atoms with Crippen molar-refractivity contribution < 1.29 is 9.13 Å². The van der Waals surface area contributed by atoms with E-state index < -0.39 is 0 Å². The van der Waals surface area contributed by atoms with Crippen LogP contribution in [0.25, 0.3) is 0 Å². The van der Waals surface area contributed by atoms with E-state index in [9.17, 15) is 4.39 Å². The molecular weight excluding hydrogens is 293 g/mol. The molecule has 0 amide bonds. The Morgan fingerprint density at radius 3 is 2.57 bits per heavy atom. The average molecular weight is 315 g/mol. The van der Waals surface area contributed by atoms with Gasteiger partial charge in [-0.05, 0) is 42.3 Å². The molecule has 0 aromatic heterocycles. The maximum atomic E-state index is 12.9. The largest absolute Gasteiger partial charge is 0.497 e. The third-order valence-corrected chi connectivity index (χ3v) is 3.27. The highest BCUT2D eigenvalue weighted by Crippen LogP contribution is 2.13. The molecule has 2 rings (SSSR count). The molecule has 0 unspecified atom stereocenters. The van der Waals surface area contributed by atoms with E-state index in [1.807, 2.05) is 31.2 Å². The van der Waals surface area contributed by atoms with E-state index >= 15 is 0 Å². The van der Waals surface area contributed by atoms with E-state index in [2.05, 4.69) is 15.6 Å². The van der Waals surface area contributed by atoms with Crippen molar-refractivity contribution in [3.8, 4) is 5.75 Å². The Morgan fingerprint density at radius 2 is 1.87 bits per heavy atom. The van der Waals surface area contributed by atoms with Gasteiger partial charge in [0.2, 0.25) is 0 Å². The van der Waals surface area contributed by atoms with Crippen molar-refractivity contribution >= 4 is 5.96 Å². The van der Waals surface area contributed by atoms with Crippen LogP contribution in [-0.2, 0) is 13.1 Å². The lowest BCUT2D eigenvalue weighted by Crippen LogP contribution is -2.36. The maximum absolute atomic E-state index is 12.9. The van der Waals surface area contributed by atoms with Crippen molar-refractivity contribution in [2.45, 2.75) is 20.0 Å². The molecule has 0 radical (unpaired) electrons. The van der Waals surface area contributed by atoms with Crippen LogP contribution in [0.4, 0.5) is 4.39 Å². The minimum absolute atomic E-state index is 0.229. The molecule has 0 aliphatic heterocycles. The smallest absolute Gasteiger partial charge is 0.191 e. The zero-order valence-electron chi connectivity index (χ0n) is 13.5.